The van der Waals surface area contributed by atoms with Gasteiger partial charge in [-0.3, -0.25) is 4.79 Å². The number of halogens is 2. The largest absolute Gasteiger partial charge is 0.378 e. The molecule has 1 unspecified atom stereocenters. The summed E-state index contributed by atoms with van der Waals surface area (Å²) in [5.74, 6) is -0.743. The van der Waals surface area contributed by atoms with Crippen molar-refractivity contribution < 1.29 is 13.9 Å². The van der Waals surface area contributed by atoms with Crippen LogP contribution in [0.3, 0.4) is 0 Å². The van der Waals surface area contributed by atoms with Crippen molar-refractivity contribution in [2.24, 2.45) is 0 Å². The Labute approximate surface area is 113 Å². The van der Waals surface area contributed by atoms with Crippen LogP contribution in [0.2, 0.25) is 0 Å². The number of nitrogens with one attached hydrogen (secondary N) is 2. The molecule has 1 aliphatic heterocycles. The smallest absolute Gasteiger partial charge is 0.251 e. The number of carbonyl (C=O) groups excluding carboxylic acids is 1. The highest BCUT2D eigenvalue weighted by Crippen LogP contribution is 2.16. The molecule has 1 heterocycles. The topological polar surface area (TPSA) is 50.4 Å². The van der Waals surface area contributed by atoms with Crippen LogP contribution in [0.1, 0.15) is 10.4 Å². The van der Waals surface area contributed by atoms with E-state index >= 15 is 0 Å². The number of ether oxygens (including phenoxy) is 1. The Balaban J connectivity index is 2.05. The third-order valence-corrected chi connectivity index (χ3v) is 3.60. The number of hydrogen-bond donors (Lipinski definition) is 2. The van der Waals surface area contributed by atoms with Gasteiger partial charge in [-0.15, -0.1) is 0 Å². The van der Waals surface area contributed by atoms with E-state index in [0.29, 0.717) is 23.1 Å². The molecule has 18 heavy (non-hydrogen) atoms. The van der Waals surface area contributed by atoms with Crippen LogP contribution < -0.4 is 10.6 Å². The van der Waals surface area contributed by atoms with Crippen molar-refractivity contribution >= 4 is 21.8 Å². The fraction of sp³-hybridized carbons (Fsp3) is 0.417. The van der Waals surface area contributed by atoms with Crippen LogP contribution >= 0.6 is 15.9 Å². The molecule has 1 amide bonds. The van der Waals surface area contributed by atoms with Crippen LogP contribution in [-0.2, 0) is 4.74 Å². The van der Waals surface area contributed by atoms with Crippen LogP contribution in [0.4, 0.5) is 4.39 Å². The Morgan fingerprint density at radius 2 is 2.33 bits per heavy atom. The van der Waals surface area contributed by atoms with Gasteiger partial charge < -0.3 is 15.4 Å². The van der Waals surface area contributed by atoms with Crippen LogP contribution in [-0.4, -0.2) is 38.3 Å². The van der Waals surface area contributed by atoms with Crippen molar-refractivity contribution in [2.75, 3.05) is 20.2 Å². The lowest BCUT2D eigenvalue weighted by Crippen LogP contribution is -2.43. The van der Waals surface area contributed by atoms with Crippen LogP contribution in [0.25, 0.3) is 0 Å². The summed E-state index contributed by atoms with van der Waals surface area (Å²) >= 11 is 3.05. The van der Waals surface area contributed by atoms with Crippen molar-refractivity contribution in [1.29, 1.82) is 0 Å². The molecule has 4 nitrogen and oxygen atoms in total. The van der Waals surface area contributed by atoms with Gasteiger partial charge in [0.25, 0.3) is 5.91 Å². The minimum atomic E-state index is -0.449. The Hall–Kier alpha value is -0.980. The van der Waals surface area contributed by atoms with E-state index in [9.17, 15) is 9.18 Å². The number of rotatable bonds is 3. The van der Waals surface area contributed by atoms with Gasteiger partial charge in [0.1, 0.15) is 5.82 Å². The number of benzene rings is 1. The summed E-state index contributed by atoms with van der Waals surface area (Å²) in [6, 6.07) is 4.22. The van der Waals surface area contributed by atoms with E-state index in [0.717, 1.165) is 0 Å². The van der Waals surface area contributed by atoms with E-state index in [4.69, 9.17) is 4.74 Å². The second kappa shape index (κ2) is 5.77. The highest BCUT2D eigenvalue weighted by molar-refractivity contribution is 9.10. The molecule has 2 rings (SSSR count). The molecule has 0 spiro atoms. The lowest BCUT2D eigenvalue weighted by Gasteiger charge is -2.18. The quantitative estimate of drug-likeness (QED) is 0.884. The lowest BCUT2D eigenvalue weighted by atomic mass is 10.1. The molecule has 1 fully saturated rings. The van der Waals surface area contributed by atoms with Gasteiger partial charge in [0.05, 0.1) is 16.6 Å². The van der Waals surface area contributed by atoms with Crippen molar-refractivity contribution in [3.05, 3.63) is 34.1 Å². The van der Waals surface area contributed by atoms with Gasteiger partial charge >= 0.3 is 0 Å². The van der Waals surface area contributed by atoms with Crippen molar-refractivity contribution in [1.82, 2.24) is 10.6 Å². The molecule has 0 saturated carbocycles. The zero-order valence-electron chi connectivity index (χ0n) is 9.87. The SMILES string of the molecule is CO[C@H]1CNCC1NC(=O)c1ccc(Br)c(F)c1. The number of hydrogen-bond acceptors (Lipinski definition) is 3. The summed E-state index contributed by atoms with van der Waals surface area (Å²) in [7, 11) is 1.61. The molecule has 98 valence electrons. The molecule has 0 aliphatic carbocycles. The summed E-state index contributed by atoms with van der Waals surface area (Å²) in [5, 5.41) is 5.96. The van der Waals surface area contributed by atoms with Gasteiger partial charge in [0.15, 0.2) is 0 Å². The number of amides is 1. The van der Waals surface area contributed by atoms with E-state index in [1.54, 1.807) is 13.2 Å². The predicted octanol–water partition coefficient (Wildman–Crippen LogP) is 1.30. The normalized spacial score (nSPS) is 23.1. The van der Waals surface area contributed by atoms with Gasteiger partial charge in [-0.05, 0) is 34.1 Å². The highest BCUT2D eigenvalue weighted by atomic mass is 79.9. The number of methoxy groups -OCH3 is 1. The zero-order chi connectivity index (χ0) is 13.1. The molecule has 1 aromatic rings. The standard InChI is InChI=1S/C12H14BrFN2O2/c1-18-11-6-15-5-10(11)16-12(17)7-2-3-8(13)9(14)4-7/h2-4,10-11,15H,5-6H2,1H3,(H,16,17)/t10?,11-/m0/s1. The third-order valence-electron chi connectivity index (χ3n) is 2.96. The van der Waals surface area contributed by atoms with Crippen molar-refractivity contribution in [2.45, 2.75) is 12.1 Å². The van der Waals surface area contributed by atoms with Gasteiger partial charge in [0.2, 0.25) is 0 Å². The van der Waals surface area contributed by atoms with Gasteiger partial charge in [-0.25, -0.2) is 4.39 Å². The average molecular weight is 317 g/mol. The monoisotopic (exact) mass is 316 g/mol. The summed E-state index contributed by atoms with van der Waals surface area (Å²) < 4.78 is 18.9. The minimum Gasteiger partial charge on any atom is -0.378 e. The number of carbonyl (C=O) groups is 1. The van der Waals surface area contributed by atoms with E-state index in [2.05, 4.69) is 26.6 Å². The first kappa shape index (κ1) is 13.5. The first-order valence-corrected chi connectivity index (χ1v) is 6.40. The van der Waals surface area contributed by atoms with Crippen LogP contribution in [0, 0.1) is 5.82 Å². The van der Waals surface area contributed by atoms with Crippen molar-refractivity contribution in [3.8, 4) is 0 Å². The molecule has 0 aromatic heterocycles. The molecular formula is C12H14BrFN2O2. The fourth-order valence-corrected chi connectivity index (χ4v) is 2.18. The molecule has 0 bridgehead atoms. The zero-order valence-corrected chi connectivity index (χ0v) is 11.5. The Morgan fingerprint density at radius 3 is 3.00 bits per heavy atom. The predicted molar refractivity (Wildman–Crippen MR) is 69.0 cm³/mol. The molecule has 6 heteroatoms. The van der Waals surface area contributed by atoms with E-state index in [-0.39, 0.29) is 18.1 Å². The Morgan fingerprint density at radius 1 is 1.56 bits per heavy atom. The summed E-state index contributed by atoms with van der Waals surface area (Å²) in [6.07, 6.45) is -0.0470. The Bertz CT molecular complexity index is 456. The van der Waals surface area contributed by atoms with Gasteiger partial charge in [0, 0.05) is 25.8 Å². The van der Waals surface area contributed by atoms with E-state index < -0.39 is 5.82 Å². The maximum Gasteiger partial charge on any atom is 0.251 e. The summed E-state index contributed by atoms with van der Waals surface area (Å²) in [5.41, 5.74) is 0.303. The summed E-state index contributed by atoms with van der Waals surface area (Å²) in [4.78, 5) is 11.9. The van der Waals surface area contributed by atoms with Crippen LogP contribution in [0.15, 0.2) is 22.7 Å². The maximum absolute atomic E-state index is 13.3. The molecule has 1 saturated heterocycles. The second-order valence-corrected chi connectivity index (χ2v) is 5.00. The highest BCUT2D eigenvalue weighted by Gasteiger charge is 2.28. The molecule has 2 N–H and O–H groups in total. The first-order chi connectivity index (χ1) is 8.61. The maximum atomic E-state index is 13.3. The van der Waals surface area contributed by atoms with Crippen LogP contribution in [0.5, 0.6) is 0 Å². The van der Waals surface area contributed by atoms with E-state index in [1.165, 1.54) is 12.1 Å². The molecule has 0 radical (unpaired) electrons. The molecule has 2 atom stereocenters. The van der Waals surface area contributed by atoms with Gasteiger partial charge in [-0.1, -0.05) is 0 Å². The first-order valence-electron chi connectivity index (χ1n) is 5.61. The Kier molecular flexibility index (Phi) is 4.31. The summed E-state index contributed by atoms with van der Waals surface area (Å²) in [6.45, 7) is 1.36. The third kappa shape index (κ3) is 2.88. The van der Waals surface area contributed by atoms with Crippen molar-refractivity contribution in [3.63, 3.8) is 0 Å². The fourth-order valence-electron chi connectivity index (χ4n) is 1.94. The van der Waals surface area contributed by atoms with Gasteiger partial charge in [-0.2, -0.15) is 0 Å². The second-order valence-electron chi connectivity index (χ2n) is 4.14. The van der Waals surface area contributed by atoms with E-state index in [1.807, 2.05) is 0 Å². The minimum absolute atomic E-state index is 0.0470. The average Bonchev–Trinajstić information content (AvgIpc) is 2.79. The molecular weight excluding hydrogens is 303 g/mol. The molecule has 1 aliphatic rings. The lowest BCUT2D eigenvalue weighted by molar-refractivity contribution is 0.0779. The molecule has 1 aromatic carbocycles.